The molecule has 3 aliphatic rings. The summed E-state index contributed by atoms with van der Waals surface area (Å²) in [6, 6.07) is 6.66. The number of rotatable bonds is 7. The number of ether oxygens (including phenoxy) is 3. The molecular weight excluding hydrogens is 495 g/mol. The standard InChI is InChI=1S/C28H31F5O4/c29-24-13-23(14-25(30)26(24)37-33)36-28(31,32)22-11-9-19(10-12-22)18-5-7-20(8-6-18)27-34-15-21(16-35-27)17-3-1-2-4-17/h9-14,17-18,20-21,27H,1-8,15-16H2. The Morgan fingerprint density at radius 3 is 1.92 bits per heavy atom. The van der Waals surface area contributed by atoms with E-state index in [0.29, 0.717) is 24.0 Å². The van der Waals surface area contributed by atoms with E-state index in [1.54, 1.807) is 12.1 Å². The Morgan fingerprint density at radius 1 is 0.757 bits per heavy atom. The van der Waals surface area contributed by atoms with Gasteiger partial charge in [-0.2, -0.15) is 8.78 Å². The molecule has 1 heterocycles. The fourth-order valence-corrected chi connectivity index (χ4v) is 6.06. The van der Waals surface area contributed by atoms with Crippen LogP contribution in [-0.2, 0) is 15.6 Å². The van der Waals surface area contributed by atoms with Crippen LogP contribution in [0.2, 0.25) is 0 Å². The Balaban J connectivity index is 1.14. The number of alkyl halides is 2. The molecule has 0 amide bonds. The van der Waals surface area contributed by atoms with Gasteiger partial charge >= 0.3 is 6.11 Å². The summed E-state index contributed by atoms with van der Waals surface area (Å²) in [6.45, 7) is 1.56. The maximum absolute atomic E-state index is 14.6. The Labute approximate surface area is 212 Å². The third kappa shape index (κ3) is 5.87. The van der Waals surface area contributed by atoms with Crippen molar-refractivity contribution in [1.82, 2.24) is 0 Å². The molecule has 4 nitrogen and oxygen atoms in total. The highest BCUT2D eigenvalue weighted by atomic mass is 19.3. The molecule has 1 saturated heterocycles. The van der Waals surface area contributed by atoms with Crippen LogP contribution in [0, 0.1) is 29.4 Å². The maximum atomic E-state index is 14.6. The average molecular weight is 527 g/mol. The van der Waals surface area contributed by atoms with E-state index in [2.05, 4.69) is 9.68 Å². The van der Waals surface area contributed by atoms with Gasteiger partial charge in [-0.15, -0.1) is 0 Å². The van der Waals surface area contributed by atoms with E-state index in [9.17, 15) is 22.1 Å². The minimum atomic E-state index is -3.85. The summed E-state index contributed by atoms with van der Waals surface area (Å²) in [4.78, 5) is 3.07. The van der Waals surface area contributed by atoms with Gasteiger partial charge in [0.1, 0.15) is 5.75 Å². The van der Waals surface area contributed by atoms with Crippen LogP contribution in [0.3, 0.4) is 0 Å². The van der Waals surface area contributed by atoms with Gasteiger partial charge in [0.2, 0.25) is 5.75 Å². The van der Waals surface area contributed by atoms with Crippen molar-refractivity contribution in [1.29, 1.82) is 0 Å². The van der Waals surface area contributed by atoms with Gasteiger partial charge in [-0.25, -0.2) is 8.78 Å². The van der Waals surface area contributed by atoms with E-state index in [4.69, 9.17) is 9.47 Å². The highest BCUT2D eigenvalue weighted by Crippen LogP contribution is 2.41. The zero-order valence-corrected chi connectivity index (χ0v) is 20.4. The molecule has 0 bridgehead atoms. The molecule has 202 valence electrons. The van der Waals surface area contributed by atoms with Crippen molar-refractivity contribution in [3.63, 3.8) is 0 Å². The van der Waals surface area contributed by atoms with E-state index in [-0.39, 0.29) is 12.2 Å². The summed E-state index contributed by atoms with van der Waals surface area (Å²) < 4.78 is 85.5. The van der Waals surface area contributed by atoms with Crippen molar-refractivity contribution in [2.75, 3.05) is 13.2 Å². The second kappa shape index (κ2) is 11.2. The largest absolute Gasteiger partial charge is 0.429 e. The van der Waals surface area contributed by atoms with Gasteiger partial charge in [-0.05, 0) is 55.2 Å². The van der Waals surface area contributed by atoms with Crippen LogP contribution < -0.4 is 9.68 Å². The van der Waals surface area contributed by atoms with Crippen LogP contribution in [0.25, 0.3) is 0 Å². The van der Waals surface area contributed by atoms with E-state index in [1.165, 1.54) is 37.8 Å². The fraction of sp³-hybridized carbons (Fsp3) is 0.571. The molecule has 37 heavy (non-hydrogen) atoms. The zero-order valence-electron chi connectivity index (χ0n) is 20.4. The van der Waals surface area contributed by atoms with Gasteiger partial charge in [0, 0.05) is 28.5 Å². The lowest BCUT2D eigenvalue weighted by molar-refractivity contribution is -0.234. The first-order valence-electron chi connectivity index (χ1n) is 13.0. The molecule has 0 aromatic heterocycles. The van der Waals surface area contributed by atoms with Gasteiger partial charge in [0.25, 0.3) is 0 Å². The van der Waals surface area contributed by atoms with Crippen LogP contribution in [0.4, 0.5) is 22.1 Å². The van der Waals surface area contributed by atoms with Crippen LogP contribution in [-0.4, -0.2) is 19.5 Å². The highest BCUT2D eigenvalue weighted by molar-refractivity contribution is 5.35. The SMILES string of the molecule is FOc1c(F)cc(OC(F)(F)c2ccc(C3CCC(C4OCC(C5CCCC5)CO4)CC3)cc2)cc1F. The van der Waals surface area contributed by atoms with Crippen molar-refractivity contribution < 1.29 is 41.2 Å². The summed E-state index contributed by atoms with van der Waals surface area (Å²) in [5, 5.41) is 0. The lowest BCUT2D eigenvalue weighted by Gasteiger charge is -2.39. The van der Waals surface area contributed by atoms with Gasteiger partial charge < -0.3 is 14.2 Å². The second-order valence-electron chi connectivity index (χ2n) is 10.5. The van der Waals surface area contributed by atoms with Crippen LogP contribution in [0.1, 0.15) is 68.4 Å². The van der Waals surface area contributed by atoms with E-state index < -0.39 is 34.8 Å². The molecule has 2 saturated carbocycles. The smallest absolute Gasteiger partial charge is 0.426 e. The van der Waals surface area contributed by atoms with Crippen LogP contribution >= 0.6 is 0 Å². The molecule has 9 heteroatoms. The summed E-state index contributed by atoms with van der Waals surface area (Å²) in [7, 11) is 0. The maximum Gasteiger partial charge on any atom is 0.426 e. The molecule has 2 aromatic rings. The lowest BCUT2D eigenvalue weighted by atomic mass is 9.78. The molecule has 1 aliphatic heterocycles. The Morgan fingerprint density at radius 2 is 1.35 bits per heavy atom. The van der Waals surface area contributed by atoms with Crippen LogP contribution in [0.5, 0.6) is 11.5 Å². The van der Waals surface area contributed by atoms with Crippen molar-refractivity contribution >= 4 is 0 Å². The number of halogens is 5. The minimum absolute atomic E-state index is 0.156. The molecular formula is C28H31F5O4. The predicted octanol–water partition coefficient (Wildman–Crippen LogP) is 7.81. The second-order valence-corrected chi connectivity index (χ2v) is 10.5. The molecule has 2 aliphatic carbocycles. The van der Waals surface area contributed by atoms with Gasteiger partial charge in [0.15, 0.2) is 17.9 Å². The summed E-state index contributed by atoms with van der Waals surface area (Å²) in [5.74, 6) is -3.25. The van der Waals surface area contributed by atoms with Gasteiger partial charge in [0.05, 0.1) is 18.8 Å². The lowest BCUT2D eigenvalue weighted by Crippen LogP contribution is -2.40. The Bertz CT molecular complexity index is 1020. The quantitative estimate of drug-likeness (QED) is 0.345. The zero-order chi connectivity index (χ0) is 26.0. The first kappa shape index (κ1) is 26.2. The molecule has 0 spiro atoms. The minimum Gasteiger partial charge on any atom is -0.429 e. The molecule has 5 rings (SSSR count). The molecule has 0 N–H and O–H groups in total. The third-order valence-electron chi connectivity index (χ3n) is 8.19. The summed E-state index contributed by atoms with van der Waals surface area (Å²) in [6.07, 6.45) is 4.89. The average Bonchev–Trinajstić information content (AvgIpc) is 3.44. The predicted molar refractivity (Wildman–Crippen MR) is 125 cm³/mol. The summed E-state index contributed by atoms with van der Waals surface area (Å²) >= 11 is 0. The normalized spacial score (nSPS) is 27.3. The van der Waals surface area contributed by atoms with Crippen molar-refractivity contribution in [3.8, 4) is 11.5 Å². The summed E-state index contributed by atoms with van der Waals surface area (Å²) in [5.41, 5.74) is 0.490. The Hall–Kier alpha value is -2.39. The van der Waals surface area contributed by atoms with Gasteiger partial charge in [-0.1, -0.05) is 37.8 Å². The topological polar surface area (TPSA) is 36.9 Å². The van der Waals surface area contributed by atoms with Crippen molar-refractivity contribution in [3.05, 3.63) is 59.2 Å². The van der Waals surface area contributed by atoms with Gasteiger partial charge in [-0.3, -0.25) is 4.94 Å². The first-order chi connectivity index (χ1) is 17.8. The number of benzene rings is 2. The molecule has 0 unspecified atom stereocenters. The van der Waals surface area contributed by atoms with E-state index in [1.807, 2.05) is 0 Å². The Kier molecular flexibility index (Phi) is 7.91. The van der Waals surface area contributed by atoms with Crippen molar-refractivity contribution in [2.24, 2.45) is 17.8 Å². The first-order valence-corrected chi connectivity index (χ1v) is 13.0. The molecule has 3 fully saturated rings. The monoisotopic (exact) mass is 526 g/mol. The molecule has 0 atom stereocenters. The fourth-order valence-electron chi connectivity index (χ4n) is 6.06. The highest BCUT2D eigenvalue weighted by Gasteiger charge is 2.37. The third-order valence-corrected chi connectivity index (χ3v) is 8.19. The van der Waals surface area contributed by atoms with E-state index >= 15 is 0 Å². The van der Waals surface area contributed by atoms with Crippen LogP contribution in [0.15, 0.2) is 36.4 Å². The van der Waals surface area contributed by atoms with Crippen molar-refractivity contribution in [2.45, 2.75) is 69.7 Å². The number of hydrogen-bond donors (Lipinski definition) is 0. The molecule has 0 radical (unpaired) electrons. The molecule has 2 aromatic carbocycles. The number of hydrogen-bond acceptors (Lipinski definition) is 4. The van der Waals surface area contributed by atoms with E-state index in [0.717, 1.165) is 50.4 Å².